The van der Waals surface area contributed by atoms with Gasteiger partial charge in [-0.15, -0.1) is 0 Å². The van der Waals surface area contributed by atoms with Crippen molar-refractivity contribution in [2.24, 2.45) is 0 Å². The quantitative estimate of drug-likeness (QED) is 0.311. The summed E-state index contributed by atoms with van der Waals surface area (Å²) in [5.74, 6) is -0.877. The lowest BCUT2D eigenvalue weighted by atomic mass is 9.83. The van der Waals surface area contributed by atoms with E-state index in [2.05, 4.69) is 0 Å². The lowest BCUT2D eigenvalue weighted by molar-refractivity contribution is 0.440. The average Bonchev–Trinajstić information content (AvgIpc) is 2.64. The Bertz CT molecular complexity index is 1210. The number of benzene rings is 3. The lowest BCUT2D eigenvalue weighted by Crippen LogP contribution is -2.38. The highest BCUT2D eigenvalue weighted by Gasteiger charge is 2.51. The molecule has 0 bridgehead atoms. The molecule has 10 heteroatoms. The summed E-state index contributed by atoms with van der Waals surface area (Å²) in [4.78, 5) is 0. The molecule has 0 aromatic heterocycles. The predicted octanol–water partition coefficient (Wildman–Crippen LogP) is 5.89. The van der Waals surface area contributed by atoms with E-state index in [0.717, 1.165) is 6.07 Å². The van der Waals surface area contributed by atoms with E-state index >= 15 is 0 Å². The Morgan fingerprint density at radius 1 is 0.724 bits per heavy atom. The van der Waals surface area contributed by atoms with Gasteiger partial charge in [-0.25, -0.2) is 0 Å². The highest BCUT2D eigenvalue weighted by molar-refractivity contribution is 7.87. The van der Waals surface area contributed by atoms with E-state index < -0.39 is 26.4 Å². The van der Waals surface area contributed by atoms with Crippen LogP contribution in [0.15, 0.2) is 54.6 Å². The van der Waals surface area contributed by atoms with E-state index in [4.69, 9.17) is 46.4 Å². The summed E-state index contributed by atoms with van der Waals surface area (Å²) in [5, 5.41) is 20.0. The van der Waals surface area contributed by atoms with Crippen molar-refractivity contribution in [2.75, 3.05) is 0 Å². The Balaban J connectivity index is 2.63. The van der Waals surface area contributed by atoms with Gasteiger partial charge in [0.25, 0.3) is 10.1 Å². The Morgan fingerprint density at radius 2 is 1.34 bits per heavy atom. The third kappa shape index (κ3) is 3.65. The fraction of sp³-hybridized carbons (Fsp3) is 0.0526. The zero-order valence-corrected chi connectivity index (χ0v) is 18.1. The number of hydrogen-bond donors (Lipinski definition) is 3. The number of rotatable bonds is 4. The first-order chi connectivity index (χ1) is 13.5. The van der Waals surface area contributed by atoms with Gasteiger partial charge in [0.05, 0.1) is 5.02 Å². The SMILES string of the molecule is O=S(=O)(O)C(c1cccc(Cl)c1)(c1cc(Cl)ccc1O)c1ccc(O)c(Cl)c1Cl. The molecule has 1 atom stereocenters. The molecule has 3 N–H and O–H groups in total. The summed E-state index contributed by atoms with van der Waals surface area (Å²) in [6, 6.07) is 11.7. The predicted molar refractivity (Wildman–Crippen MR) is 114 cm³/mol. The first kappa shape index (κ1) is 22.0. The number of hydrogen-bond acceptors (Lipinski definition) is 4. The van der Waals surface area contributed by atoms with E-state index in [9.17, 15) is 23.2 Å². The number of aromatic hydroxyl groups is 2. The van der Waals surface area contributed by atoms with E-state index in [1.165, 1.54) is 48.5 Å². The van der Waals surface area contributed by atoms with Gasteiger partial charge < -0.3 is 10.2 Å². The largest absolute Gasteiger partial charge is 0.508 e. The molecule has 0 radical (unpaired) electrons. The average molecular weight is 494 g/mol. The molecule has 0 fully saturated rings. The van der Waals surface area contributed by atoms with Gasteiger partial charge in [0, 0.05) is 21.2 Å². The van der Waals surface area contributed by atoms with Crippen LogP contribution in [-0.2, 0) is 14.9 Å². The van der Waals surface area contributed by atoms with Crippen molar-refractivity contribution in [3.63, 3.8) is 0 Å². The molecule has 152 valence electrons. The van der Waals surface area contributed by atoms with Crippen LogP contribution in [-0.4, -0.2) is 23.2 Å². The van der Waals surface area contributed by atoms with E-state index in [1.807, 2.05) is 0 Å². The van der Waals surface area contributed by atoms with Crippen LogP contribution in [0.3, 0.4) is 0 Å². The molecule has 0 spiro atoms. The zero-order chi connectivity index (χ0) is 21.6. The molecule has 3 aromatic rings. The Morgan fingerprint density at radius 3 is 1.97 bits per heavy atom. The van der Waals surface area contributed by atoms with Crippen molar-refractivity contribution < 1.29 is 23.2 Å². The van der Waals surface area contributed by atoms with E-state index in [1.54, 1.807) is 0 Å². The van der Waals surface area contributed by atoms with Crippen LogP contribution in [0.25, 0.3) is 0 Å². The van der Waals surface area contributed by atoms with Crippen molar-refractivity contribution in [1.29, 1.82) is 0 Å². The van der Waals surface area contributed by atoms with Crippen molar-refractivity contribution in [3.05, 3.63) is 91.4 Å². The third-order valence-electron chi connectivity index (χ3n) is 4.40. The Hall–Kier alpha value is -1.67. The number of phenolic OH excluding ortho intramolecular Hbond substituents is 2. The van der Waals surface area contributed by atoms with Gasteiger partial charge in [0.15, 0.2) is 4.75 Å². The molecule has 0 aliphatic rings. The van der Waals surface area contributed by atoms with Crippen LogP contribution in [0.4, 0.5) is 0 Å². The summed E-state index contributed by atoms with van der Waals surface area (Å²) in [7, 11) is -5.10. The van der Waals surface area contributed by atoms with E-state index in [0.29, 0.717) is 0 Å². The van der Waals surface area contributed by atoms with Crippen molar-refractivity contribution in [3.8, 4) is 11.5 Å². The van der Waals surface area contributed by atoms with Crippen LogP contribution in [0.1, 0.15) is 16.7 Å². The van der Waals surface area contributed by atoms with Crippen LogP contribution in [0, 0.1) is 0 Å². The summed E-state index contributed by atoms with van der Waals surface area (Å²) in [6.45, 7) is 0. The molecule has 0 heterocycles. The topological polar surface area (TPSA) is 94.8 Å². The van der Waals surface area contributed by atoms with Crippen LogP contribution >= 0.6 is 46.4 Å². The molecule has 0 aliphatic carbocycles. The summed E-state index contributed by atoms with van der Waals surface area (Å²) < 4.78 is 34.0. The summed E-state index contributed by atoms with van der Waals surface area (Å²) in [5.41, 5.74) is -0.531. The summed E-state index contributed by atoms with van der Waals surface area (Å²) >= 11 is 24.5. The second-order valence-corrected chi connectivity index (χ2v) is 9.28. The molecule has 3 rings (SSSR count). The molecular weight excluding hydrogens is 482 g/mol. The summed E-state index contributed by atoms with van der Waals surface area (Å²) in [6.07, 6.45) is 0. The smallest absolute Gasteiger partial charge is 0.283 e. The molecule has 29 heavy (non-hydrogen) atoms. The maximum absolute atomic E-state index is 13.0. The minimum Gasteiger partial charge on any atom is -0.508 e. The second-order valence-electron chi connectivity index (χ2n) is 6.09. The monoisotopic (exact) mass is 492 g/mol. The molecular formula is C19H12Cl4O5S. The van der Waals surface area contributed by atoms with Crippen molar-refractivity contribution in [1.82, 2.24) is 0 Å². The van der Waals surface area contributed by atoms with Gasteiger partial charge in [-0.05, 0) is 42.0 Å². The first-order valence-corrected chi connectivity index (χ1v) is 10.8. The highest BCUT2D eigenvalue weighted by atomic mass is 35.5. The van der Waals surface area contributed by atoms with Crippen LogP contribution in [0.5, 0.6) is 11.5 Å². The fourth-order valence-corrected chi connectivity index (χ4v) is 5.39. The van der Waals surface area contributed by atoms with Gasteiger partial charge in [-0.1, -0.05) is 64.6 Å². The third-order valence-corrected chi connectivity index (χ3v) is 7.19. The zero-order valence-electron chi connectivity index (χ0n) is 14.3. The number of halogens is 4. The van der Waals surface area contributed by atoms with Gasteiger partial charge in [0.2, 0.25) is 0 Å². The Labute approximate surface area is 186 Å². The van der Waals surface area contributed by atoms with Crippen LogP contribution in [0.2, 0.25) is 20.1 Å². The fourth-order valence-electron chi connectivity index (χ4n) is 3.19. The highest BCUT2D eigenvalue weighted by Crippen LogP contribution is 2.52. The number of phenols is 2. The maximum Gasteiger partial charge on any atom is 0.283 e. The molecule has 3 aromatic carbocycles. The first-order valence-electron chi connectivity index (χ1n) is 7.89. The standard InChI is InChI=1S/C19H12Cl4O5S/c20-11-3-1-2-10(8-11)19(29(26,27)28,14-9-12(21)4-6-15(14)24)13-5-7-16(25)18(23)17(13)22/h1-9,24-25H,(H,26,27,28). The van der Waals surface area contributed by atoms with Gasteiger partial charge in [-0.3, -0.25) is 4.55 Å². The molecule has 5 nitrogen and oxygen atoms in total. The molecule has 0 aliphatic heterocycles. The molecule has 1 unspecified atom stereocenters. The minimum atomic E-state index is -5.10. The second kappa shape index (κ2) is 7.87. The minimum absolute atomic E-state index is 0.0336. The van der Waals surface area contributed by atoms with Crippen molar-refractivity contribution in [2.45, 2.75) is 4.75 Å². The molecule has 0 amide bonds. The Kier molecular flexibility index (Phi) is 5.98. The van der Waals surface area contributed by atoms with Gasteiger partial charge in [0.1, 0.15) is 16.5 Å². The van der Waals surface area contributed by atoms with Gasteiger partial charge in [-0.2, -0.15) is 8.42 Å². The van der Waals surface area contributed by atoms with Crippen molar-refractivity contribution >= 4 is 56.5 Å². The normalized spacial score (nSPS) is 13.8. The molecule has 0 saturated heterocycles. The van der Waals surface area contributed by atoms with E-state index in [-0.39, 0.29) is 36.8 Å². The molecule has 0 saturated carbocycles. The van der Waals surface area contributed by atoms with Gasteiger partial charge >= 0.3 is 0 Å². The maximum atomic E-state index is 13.0. The lowest BCUT2D eigenvalue weighted by Gasteiger charge is -2.34. The van der Waals surface area contributed by atoms with Crippen LogP contribution < -0.4 is 0 Å².